The summed E-state index contributed by atoms with van der Waals surface area (Å²) in [6.07, 6.45) is 2.45. The van der Waals surface area contributed by atoms with Crippen molar-refractivity contribution in [2.24, 2.45) is 0 Å². The van der Waals surface area contributed by atoms with Gasteiger partial charge in [-0.3, -0.25) is 0 Å². The first-order valence-corrected chi connectivity index (χ1v) is 5.49. The molecule has 0 unspecified atom stereocenters. The van der Waals surface area contributed by atoms with E-state index in [1.165, 1.54) is 7.11 Å². The zero-order chi connectivity index (χ0) is 7.82. The second-order valence-electron chi connectivity index (χ2n) is 1.69. The van der Waals surface area contributed by atoms with Crippen LogP contribution in [0.15, 0.2) is 12.7 Å². The number of methoxy groups -OCH3 is 1. The van der Waals surface area contributed by atoms with E-state index in [9.17, 15) is 4.79 Å². The van der Waals surface area contributed by atoms with Crippen LogP contribution in [0, 0.1) is 0 Å². The molecule has 0 aliphatic carbocycles. The van der Waals surface area contributed by atoms with Crippen molar-refractivity contribution in [1.29, 1.82) is 0 Å². The Kier molecular flexibility index (Phi) is 6.66. The van der Waals surface area contributed by atoms with Gasteiger partial charge in [-0.15, -0.1) is 0 Å². The summed E-state index contributed by atoms with van der Waals surface area (Å²) in [4.78, 5) is 10.5. The van der Waals surface area contributed by atoms with E-state index < -0.39 is 0 Å². The minimum atomic E-state index is -0.106. The number of carbonyl (C=O) groups is 1. The monoisotopic (exact) mass is 208 g/mol. The first-order valence-electron chi connectivity index (χ1n) is 3.06. The predicted molar refractivity (Wildman–Crippen MR) is 42.2 cm³/mol. The number of carbonyl (C=O) groups excluding carboxylic acids is 1. The molecule has 0 heterocycles. The Morgan fingerprint density at radius 1 is 1.80 bits per heavy atom. The molecule has 0 aromatic rings. The minimum absolute atomic E-state index is 0.106. The fraction of sp³-hybridized carbons (Fsp3) is 0.571. The Labute approximate surface area is 67.8 Å². The zero-order valence-electron chi connectivity index (χ0n) is 6.13. The van der Waals surface area contributed by atoms with E-state index in [4.69, 9.17) is 0 Å². The molecule has 0 radical (unpaired) electrons. The van der Waals surface area contributed by atoms with Crippen molar-refractivity contribution in [3.63, 3.8) is 0 Å². The molecule has 3 heteroatoms. The number of hydrogen-bond donors (Lipinski definition) is 0. The summed E-state index contributed by atoms with van der Waals surface area (Å²) >= 11 is 0.538. The standard InChI is InChI=1S/C7H12O2Se/c1-3-5-10-6-4-7(8)9-2/h3H,1,4-6H2,2H3. The number of ether oxygens (including phenoxy) is 1. The summed E-state index contributed by atoms with van der Waals surface area (Å²) in [5.74, 6) is -0.106. The Morgan fingerprint density at radius 3 is 3.00 bits per heavy atom. The van der Waals surface area contributed by atoms with Crippen LogP contribution in [-0.2, 0) is 9.53 Å². The van der Waals surface area contributed by atoms with Crippen LogP contribution in [0.2, 0.25) is 10.6 Å². The second-order valence-corrected chi connectivity index (χ2v) is 4.10. The molecule has 0 N–H and O–H groups in total. The molecule has 0 aromatic heterocycles. The van der Waals surface area contributed by atoms with Crippen LogP contribution in [0.3, 0.4) is 0 Å². The average Bonchev–Trinajstić information content (AvgIpc) is 1.98. The fourth-order valence-corrected chi connectivity index (χ4v) is 1.78. The maximum absolute atomic E-state index is 10.5. The van der Waals surface area contributed by atoms with Gasteiger partial charge in [0.05, 0.1) is 0 Å². The van der Waals surface area contributed by atoms with Crippen molar-refractivity contribution in [3.8, 4) is 0 Å². The van der Waals surface area contributed by atoms with Crippen LogP contribution in [0.5, 0.6) is 0 Å². The molecule has 0 rings (SSSR count). The SMILES string of the molecule is C=CC[Se]CCC(=O)OC. The number of hydrogen-bond acceptors (Lipinski definition) is 2. The van der Waals surface area contributed by atoms with E-state index in [0.717, 1.165) is 10.6 Å². The van der Waals surface area contributed by atoms with Gasteiger partial charge in [-0.05, 0) is 0 Å². The van der Waals surface area contributed by atoms with Gasteiger partial charge in [0, 0.05) is 0 Å². The third kappa shape index (κ3) is 5.86. The van der Waals surface area contributed by atoms with E-state index >= 15 is 0 Å². The third-order valence-corrected chi connectivity index (χ3v) is 2.94. The Hall–Kier alpha value is -0.271. The summed E-state index contributed by atoms with van der Waals surface area (Å²) in [5, 5.41) is 2.01. The molecule has 0 amide bonds. The normalized spacial score (nSPS) is 8.90. The van der Waals surface area contributed by atoms with Gasteiger partial charge in [-0.1, -0.05) is 0 Å². The Bertz CT molecular complexity index is 112. The Morgan fingerprint density at radius 2 is 2.50 bits per heavy atom. The van der Waals surface area contributed by atoms with Crippen LogP contribution in [-0.4, -0.2) is 28.0 Å². The zero-order valence-corrected chi connectivity index (χ0v) is 7.84. The number of rotatable bonds is 5. The molecule has 2 nitrogen and oxygen atoms in total. The Balaban J connectivity index is 3.03. The summed E-state index contributed by atoms with van der Waals surface area (Å²) in [6, 6.07) is 0. The van der Waals surface area contributed by atoms with E-state index in [2.05, 4.69) is 11.3 Å². The molecule has 0 aromatic carbocycles. The molecular formula is C7H12O2Se. The van der Waals surface area contributed by atoms with Crippen molar-refractivity contribution >= 4 is 20.9 Å². The number of allylic oxidation sites excluding steroid dienone is 1. The second kappa shape index (κ2) is 6.84. The first-order chi connectivity index (χ1) is 4.81. The van der Waals surface area contributed by atoms with Gasteiger partial charge in [0.2, 0.25) is 0 Å². The molecule has 0 atom stereocenters. The quantitative estimate of drug-likeness (QED) is 0.294. The molecule has 0 saturated heterocycles. The van der Waals surface area contributed by atoms with E-state index in [1.807, 2.05) is 6.08 Å². The molecule has 0 fully saturated rings. The van der Waals surface area contributed by atoms with Gasteiger partial charge >= 0.3 is 67.3 Å². The van der Waals surface area contributed by atoms with Crippen molar-refractivity contribution in [2.45, 2.75) is 17.1 Å². The van der Waals surface area contributed by atoms with Crippen molar-refractivity contribution < 1.29 is 9.53 Å². The van der Waals surface area contributed by atoms with Gasteiger partial charge in [0.1, 0.15) is 0 Å². The van der Waals surface area contributed by atoms with Crippen LogP contribution in [0.1, 0.15) is 6.42 Å². The molecule has 0 saturated carbocycles. The summed E-state index contributed by atoms with van der Waals surface area (Å²) in [7, 11) is 1.42. The van der Waals surface area contributed by atoms with Gasteiger partial charge in [-0.25, -0.2) is 0 Å². The van der Waals surface area contributed by atoms with Gasteiger partial charge in [-0.2, -0.15) is 0 Å². The predicted octanol–water partition coefficient (Wildman–Crippen LogP) is 1.28. The van der Waals surface area contributed by atoms with Crippen LogP contribution in [0.25, 0.3) is 0 Å². The van der Waals surface area contributed by atoms with E-state index in [1.54, 1.807) is 0 Å². The van der Waals surface area contributed by atoms with Crippen molar-refractivity contribution in [3.05, 3.63) is 12.7 Å². The molecule has 0 aliphatic rings. The summed E-state index contributed by atoms with van der Waals surface area (Å²) < 4.78 is 4.48. The molecule has 0 aliphatic heterocycles. The topological polar surface area (TPSA) is 26.3 Å². The van der Waals surface area contributed by atoms with Gasteiger partial charge in [0.25, 0.3) is 0 Å². The maximum atomic E-state index is 10.5. The number of esters is 1. The fourth-order valence-electron chi connectivity index (χ4n) is 0.424. The summed E-state index contributed by atoms with van der Waals surface area (Å²) in [5.41, 5.74) is 0. The molecular weight excluding hydrogens is 195 g/mol. The van der Waals surface area contributed by atoms with Crippen molar-refractivity contribution in [1.82, 2.24) is 0 Å². The van der Waals surface area contributed by atoms with Gasteiger partial charge in [0.15, 0.2) is 0 Å². The molecule has 10 heavy (non-hydrogen) atoms. The molecule has 0 bridgehead atoms. The first kappa shape index (κ1) is 9.73. The van der Waals surface area contributed by atoms with E-state index in [-0.39, 0.29) is 5.97 Å². The van der Waals surface area contributed by atoms with Crippen LogP contribution in [0.4, 0.5) is 0 Å². The van der Waals surface area contributed by atoms with Gasteiger partial charge < -0.3 is 0 Å². The molecule has 0 spiro atoms. The average molecular weight is 207 g/mol. The third-order valence-electron chi connectivity index (χ3n) is 0.914. The van der Waals surface area contributed by atoms with Crippen molar-refractivity contribution in [2.75, 3.05) is 7.11 Å². The molecule has 58 valence electrons. The van der Waals surface area contributed by atoms with Crippen LogP contribution >= 0.6 is 0 Å². The van der Waals surface area contributed by atoms with E-state index in [0.29, 0.717) is 21.4 Å². The van der Waals surface area contributed by atoms with Crippen LogP contribution < -0.4 is 0 Å². The summed E-state index contributed by atoms with van der Waals surface area (Å²) in [6.45, 7) is 3.60.